The Morgan fingerprint density at radius 2 is 1.66 bits per heavy atom. The number of carbonyl (C=O) groups is 2. The molecule has 0 spiro atoms. The van der Waals surface area contributed by atoms with Crippen LogP contribution in [-0.4, -0.2) is 54.6 Å². The highest BCUT2D eigenvalue weighted by Gasteiger charge is 2.51. The lowest BCUT2D eigenvalue weighted by Gasteiger charge is -2.57. The number of fused-ring (bicyclic) bond motifs is 2. The normalized spacial score (nSPS) is 31.2. The van der Waals surface area contributed by atoms with E-state index in [2.05, 4.69) is 47.8 Å². The number of ether oxygens (including phenoxy) is 2. The van der Waals surface area contributed by atoms with E-state index < -0.39 is 12.0 Å². The van der Waals surface area contributed by atoms with Crippen molar-refractivity contribution in [1.82, 2.24) is 4.90 Å². The Kier molecular flexibility index (Phi) is 7.11. The molecule has 4 fully saturated rings. The molecule has 0 saturated heterocycles. The van der Waals surface area contributed by atoms with Crippen molar-refractivity contribution in [3.8, 4) is 0 Å². The van der Waals surface area contributed by atoms with Crippen LogP contribution < -0.4 is 5.32 Å². The summed E-state index contributed by atoms with van der Waals surface area (Å²) < 4.78 is 10.7. The van der Waals surface area contributed by atoms with Crippen molar-refractivity contribution in [3.63, 3.8) is 0 Å². The predicted octanol–water partition coefficient (Wildman–Crippen LogP) is 6.15. The molecule has 8 rings (SSSR count). The van der Waals surface area contributed by atoms with Crippen LogP contribution >= 0.6 is 11.6 Å². The maximum Gasteiger partial charge on any atom is 0.329 e. The SMILES string of the molecule is COCCOC(=O)[C@H]1CC2=C(Cc3ccccc32)[C@H](c2ccc(NC34CC5CC(CC(C5)C3)C4)cc2)N1C(=O)CCl. The Morgan fingerprint density at radius 1 is 0.976 bits per heavy atom. The number of hydrogen-bond acceptors (Lipinski definition) is 5. The van der Waals surface area contributed by atoms with Gasteiger partial charge in [0.2, 0.25) is 5.91 Å². The minimum Gasteiger partial charge on any atom is -0.462 e. The molecule has 2 aromatic carbocycles. The van der Waals surface area contributed by atoms with Gasteiger partial charge in [0.25, 0.3) is 0 Å². The number of anilines is 1. The third-order valence-electron chi connectivity index (χ3n) is 10.3. The molecular formula is C34H39ClN2O4. The Hall–Kier alpha value is -2.83. The van der Waals surface area contributed by atoms with Crippen LogP contribution in [0.25, 0.3) is 5.57 Å². The Labute approximate surface area is 247 Å². The second kappa shape index (κ2) is 10.8. The molecule has 1 N–H and O–H groups in total. The van der Waals surface area contributed by atoms with E-state index in [1.54, 1.807) is 12.0 Å². The minimum atomic E-state index is -0.752. The summed E-state index contributed by atoms with van der Waals surface area (Å²) in [6.07, 6.45) is 9.26. The molecule has 1 heterocycles. The van der Waals surface area contributed by atoms with Crippen LogP contribution in [0.1, 0.15) is 67.7 Å². The number of methoxy groups -OCH3 is 1. The number of benzene rings is 2. The lowest BCUT2D eigenvalue weighted by molar-refractivity contribution is -0.157. The van der Waals surface area contributed by atoms with Gasteiger partial charge in [-0.15, -0.1) is 11.6 Å². The zero-order chi connectivity index (χ0) is 28.1. The smallest absolute Gasteiger partial charge is 0.329 e. The van der Waals surface area contributed by atoms with Gasteiger partial charge in [-0.25, -0.2) is 4.79 Å². The summed E-state index contributed by atoms with van der Waals surface area (Å²) in [4.78, 5) is 28.6. The first-order valence-electron chi connectivity index (χ1n) is 15.2. The van der Waals surface area contributed by atoms with E-state index in [0.29, 0.717) is 13.0 Å². The zero-order valence-corrected chi connectivity index (χ0v) is 24.5. The van der Waals surface area contributed by atoms with Gasteiger partial charge in [0.15, 0.2) is 0 Å². The van der Waals surface area contributed by atoms with Gasteiger partial charge in [0.05, 0.1) is 12.6 Å². The lowest BCUT2D eigenvalue weighted by atomic mass is 9.53. The van der Waals surface area contributed by atoms with Crippen molar-refractivity contribution in [3.05, 3.63) is 70.8 Å². The number of alkyl halides is 1. The van der Waals surface area contributed by atoms with Crippen molar-refractivity contribution >= 4 is 34.7 Å². The molecule has 1 amide bonds. The topological polar surface area (TPSA) is 67.9 Å². The van der Waals surface area contributed by atoms with E-state index in [1.165, 1.54) is 55.2 Å². The van der Waals surface area contributed by atoms with Crippen molar-refractivity contribution in [2.75, 3.05) is 31.5 Å². The number of rotatable bonds is 8. The monoisotopic (exact) mass is 574 g/mol. The minimum absolute atomic E-state index is 0.145. The fourth-order valence-corrected chi connectivity index (χ4v) is 9.32. The van der Waals surface area contributed by atoms with Gasteiger partial charge in [-0.1, -0.05) is 36.4 Å². The quantitative estimate of drug-likeness (QED) is 0.233. The van der Waals surface area contributed by atoms with Crippen molar-refractivity contribution in [2.45, 2.75) is 69.0 Å². The summed E-state index contributed by atoms with van der Waals surface area (Å²) in [5.41, 5.74) is 7.08. The Balaban J connectivity index is 1.22. The third-order valence-corrected chi connectivity index (χ3v) is 10.6. The van der Waals surface area contributed by atoms with Crippen molar-refractivity contribution < 1.29 is 19.1 Å². The molecule has 2 atom stereocenters. The fraction of sp³-hybridized carbons (Fsp3) is 0.529. The Bertz CT molecular complexity index is 1330. The summed E-state index contributed by atoms with van der Waals surface area (Å²) in [7, 11) is 1.57. The van der Waals surface area contributed by atoms with Crippen molar-refractivity contribution in [2.24, 2.45) is 17.8 Å². The van der Waals surface area contributed by atoms with E-state index in [0.717, 1.165) is 41.0 Å². The molecule has 0 aromatic heterocycles. The summed E-state index contributed by atoms with van der Waals surface area (Å²) in [6.45, 7) is 0.451. The first-order chi connectivity index (χ1) is 20.0. The Morgan fingerprint density at radius 3 is 2.32 bits per heavy atom. The van der Waals surface area contributed by atoms with Crippen LogP contribution in [0.5, 0.6) is 0 Å². The highest BCUT2D eigenvalue weighted by atomic mass is 35.5. The lowest BCUT2D eigenvalue weighted by Crippen LogP contribution is -2.54. The molecule has 2 aromatic rings. The van der Waals surface area contributed by atoms with E-state index in [4.69, 9.17) is 21.1 Å². The molecule has 4 bridgehead atoms. The molecule has 0 unspecified atom stereocenters. The number of amides is 1. The second-order valence-corrected chi connectivity index (χ2v) is 13.3. The molecule has 6 nitrogen and oxygen atoms in total. The fourth-order valence-electron chi connectivity index (χ4n) is 9.18. The third kappa shape index (κ3) is 4.87. The van der Waals surface area contributed by atoms with Crippen LogP contribution in [0.2, 0.25) is 0 Å². The highest BCUT2D eigenvalue weighted by Crippen LogP contribution is 2.57. The van der Waals surface area contributed by atoms with Crippen LogP contribution in [-0.2, 0) is 25.5 Å². The number of esters is 1. The van der Waals surface area contributed by atoms with Crippen LogP contribution in [0.15, 0.2) is 54.1 Å². The molecule has 6 aliphatic rings. The summed E-state index contributed by atoms with van der Waals surface area (Å²) in [6, 6.07) is 15.8. The van der Waals surface area contributed by atoms with Gasteiger partial charge >= 0.3 is 5.97 Å². The summed E-state index contributed by atoms with van der Waals surface area (Å²) >= 11 is 6.18. The van der Waals surface area contributed by atoms with E-state index in [9.17, 15) is 9.59 Å². The number of nitrogens with zero attached hydrogens (tertiary/aromatic N) is 1. The van der Waals surface area contributed by atoms with Crippen molar-refractivity contribution in [1.29, 1.82) is 0 Å². The molecular weight excluding hydrogens is 536 g/mol. The average molecular weight is 575 g/mol. The first-order valence-corrected chi connectivity index (χ1v) is 15.7. The van der Waals surface area contributed by atoms with Crippen LogP contribution in [0, 0.1) is 17.8 Å². The van der Waals surface area contributed by atoms with Gasteiger partial charge in [0.1, 0.15) is 18.5 Å². The van der Waals surface area contributed by atoms with E-state index in [-0.39, 0.29) is 30.0 Å². The molecule has 7 heteroatoms. The molecule has 5 aliphatic carbocycles. The first kappa shape index (κ1) is 27.0. The van der Waals surface area contributed by atoms with Gasteiger partial charge in [-0.2, -0.15) is 0 Å². The maximum absolute atomic E-state index is 13.5. The number of nitrogens with one attached hydrogen (secondary N) is 1. The van der Waals surface area contributed by atoms with Gasteiger partial charge in [-0.3, -0.25) is 4.79 Å². The van der Waals surface area contributed by atoms with Gasteiger partial charge in [0, 0.05) is 24.8 Å². The van der Waals surface area contributed by atoms with E-state index in [1.807, 2.05) is 6.07 Å². The predicted molar refractivity (Wildman–Crippen MR) is 160 cm³/mol. The van der Waals surface area contributed by atoms with E-state index >= 15 is 0 Å². The highest BCUT2D eigenvalue weighted by molar-refractivity contribution is 6.27. The van der Waals surface area contributed by atoms with Crippen LogP contribution in [0.4, 0.5) is 5.69 Å². The second-order valence-electron chi connectivity index (χ2n) is 13.0. The summed E-state index contributed by atoms with van der Waals surface area (Å²) in [5.74, 6) is 1.76. The number of hydrogen-bond donors (Lipinski definition) is 1. The molecule has 41 heavy (non-hydrogen) atoms. The molecule has 216 valence electrons. The summed E-state index contributed by atoms with van der Waals surface area (Å²) in [5, 5.41) is 3.98. The molecule has 1 aliphatic heterocycles. The standard InChI is InChI=1S/C34H39ClN2O4/c1-40-10-11-41-33(39)30-16-28-27-5-3-2-4-25(27)15-29(28)32(37(30)31(38)20-35)24-6-8-26(9-7-24)36-34-17-21-12-22(18-34)14-23(13-21)19-34/h2-9,21-23,30,32,36H,10-20H2,1H3/t21?,22?,23?,30-,32+,34?/m1/s1. The van der Waals surface area contributed by atoms with Crippen LogP contribution in [0.3, 0.4) is 0 Å². The number of carbonyl (C=O) groups excluding carboxylic acids is 2. The molecule has 0 radical (unpaired) electrons. The largest absolute Gasteiger partial charge is 0.462 e. The molecule has 4 saturated carbocycles. The average Bonchev–Trinajstić information content (AvgIpc) is 3.34. The van der Waals surface area contributed by atoms with Gasteiger partial charge in [-0.05, 0) is 103 Å². The number of halogens is 1. The zero-order valence-electron chi connectivity index (χ0n) is 23.7. The van der Waals surface area contributed by atoms with Gasteiger partial charge < -0.3 is 19.7 Å². The maximum atomic E-state index is 13.5.